The fourth-order valence-corrected chi connectivity index (χ4v) is 2.93. The molecule has 0 N–H and O–H groups in total. The minimum absolute atomic E-state index is 0.436. The molecular formula is C17H12O2S. The maximum atomic E-state index is 11.4. The number of fused-ring (bicyclic) bond motifs is 1. The van der Waals surface area contributed by atoms with E-state index in [2.05, 4.69) is 24.8 Å². The van der Waals surface area contributed by atoms with E-state index < -0.39 is 5.97 Å². The summed E-state index contributed by atoms with van der Waals surface area (Å²) in [7, 11) is 0. The first-order chi connectivity index (χ1) is 9.79. The summed E-state index contributed by atoms with van der Waals surface area (Å²) in [5, 5.41) is 4.83. The van der Waals surface area contributed by atoms with Crippen LogP contribution >= 0.6 is 11.3 Å². The first-order valence-corrected chi connectivity index (χ1v) is 7.07. The fraction of sp³-hybridized carbons (Fsp3) is 0. The molecule has 0 radical (unpaired) electrons. The van der Waals surface area contributed by atoms with Gasteiger partial charge >= 0.3 is 5.97 Å². The number of rotatable bonds is 3. The summed E-state index contributed by atoms with van der Waals surface area (Å²) < 4.78 is 5.30. The number of carbonyl (C=O) groups excluding carboxylic acids is 1. The van der Waals surface area contributed by atoms with Crippen LogP contribution in [0.2, 0.25) is 0 Å². The summed E-state index contributed by atoms with van der Waals surface area (Å²) in [4.78, 5) is 11.4. The van der Waals surface area contributed by atoms with E-state index in [1.807, 2.05) is 35.7 Å². The number of carbonyl (C=O) groups is 1. The van der Waals surface area contributed by atoms with Gasteiger partial charge in [0.25, 0.3) is 0 Å². The number of benzene rings is 2. The minimum Gasteiger partial charge on any atom is -0.412 e. The molecule has 0 saturated heterocycles. The predicted molar refractivity (Wildman–Crippen MR) is 83.1 cm³/mol. The lowest BCUT2D eigenvalue weighted by atomic mass is 10.0. The molecule has 0 fully saturated rings. The molecule has 2 nitrogen and oxygen atoms in total. The average molecular weight is 280 g/mol. The Morgan fingerprint density at radius 2 is 1.85 bits per heavy atom. The molecule has 0 aliphatic carbocycles. The second kappa shape index (κ2) is 5.31. The van der Waals surface area contributed by atoms with Gasteiger partial charge in [-0.05, 0) is 27.8 Å². The van der Waals surface area contributed by atoms with Crippen molar-refractivity contribution in [3.8, 4) is 16.2 Å². The maximum Gasteiger partial charge on any atom is 0.336 e. The van der Waals surface area contributed by atoms with Crippen molar-refractivity contribution < 1.29 is 9.53 Å². The van der Waals surface area contributed by atoms with Gasteiger partial charge in [0, 0.05) is 11.6 Å². The zero-order valence-corrected chi connectivity index (χ0v) is 11.5. The molecule has 0 atom stereocenters. The highest BCUT2D eigenvalue weighted by Gasteiger charge is 2.12. The van der Waals surface area contributed by atoms with Crippen LogP contribution in [0.15, 0.2) is 66.6 Å². The number of ether oxygens (including phenoxy) is 1. The van der Waals surface area contributed by atoms with Crippen LogP contribution in [0, 0.1) is 0 Å². The van der Waals surface area contributed by atoms with Gasteiger partial charge in [-0.25, -0.2) is 4.79 Å². The van der Waals surface area contributed by atoms with Crippen LogP contribution in [-0.4, -0.2) is 5.97 Å². The second-order valence-corrected chi connectivity index (χ2v) is 5.15. The van der Waals surface area contributed by atoms with E-state index in [0.717, 1.165) is 21.9 Å². The van der Waals surface area contributed by atoms with Crippen molar-refractivity contribution >= 4 is 28.1 Å². The fourth-order valence-electron chi connectivity index (χ4n) is 2.17. The van der Waals surface area contributed by atoms with E-state index in [0.29, 0.717) is 5.06 Å². The van der Waals surface area contributed by atoms with Crippen molar-refractivity contribution in [3.63, 3.8) is 0 Å². The van der Waals surface area contributed by atoms with E-state index in [-0.39, 0.29) is 0 Å². The van der Waals surface area contributed by atoms with Crippen LogP contribution in [-0.2, 0) is 4.79 Å². The molecule has 0 unspecified atom stereocenters. The molecule has 2 aromatic carbocycles. The molecule has 0 aliphatic rings. The Balaban J connectivity index is 2.14. The number of thiophene rings is 1. The van der Waals surface area contributed by atoms with Crippen molar-refractivity contribution in [1.82, 2.24) is 0 Å². The summed E-state index contributed by atoms with van der Waals surface area (Å²) in [6, 6.07) is 16.2. The van der Waals surface area contributed by atoms with Crippen molar-refractivity contribution in [2.45, 2.75) is 0 Å². The number of esters is 1. The lowest BCUT2D eigenvalue weighted by Crippen LogP contribution is -2.02. The van der Waals surface area contributed by atoms with Gasteiger partial charge in [0.2, 0.25) is 0 Å². The molecule has 0 bridgehead atoms. The van der Waals surface area contributed by atoms with Gasteiger partial charge in [-0.1, -0.05) is 49.0 Å². The molecular weight excluding hydrogens is 268 g/mol. The summed E-state index contributed by atoms with van der Waals surface area (Å²) >= 11 is 1.41. The molecule has 20 heavy (non-hydrogen) atoms. The van der Waals surface area contributed by atoms with E-state index in [1.54, 1.807) is 0 Å². The van der Waals surface area contributed by atoms with E-state index in [4.69, 9.17) is 4.74 Å². The highest BCUT2D eigenvalue weighted by atomic mass is 32.1. The van der Waals surface area contributed by atoms with Gasteiger partial charge in [0.05, 0.1) is 0 Å². The van der Waals surface area contributed by atoms with Gasteiger partial charge in [-0.2, -0.15) is 0 Å². The van der Waals surface area contributed by atoms with Crippen molar-refractivity contribution in [2.24, 2.45) is 0 Å². The summed E-state index contributed by atoms with van der Waals surface area (Å²) in [5.41, 5.74) is 2.00. The van der Waals surface area contributed by atoms with Crippen molar-refractivity contribution in [1.29, 1.82) is 0 Å². The highest BCUT2D eigenvalue weighted by molar-refractivity contribution is 7.12. The minimum atomic E-state index is -0.436. The Labute approximate surface area is 120 Å². The Hall–Kier alpha value is -2.39. The molecule has 1 heterocycles. The average Bonchev–Trinajstić information content (AvgIpc) is 2.94. The summed E-state index contributed by atoms with van der Waals surface area (Å²) in [5.74, 6) is -0.436. The smallest absolute Gasteiger partial charge is 0.336 e. The highest BCUT2D eigenvalue weighted by Crippen LogP contribution is 2.38. The Kier molecular flexibility index (Phi) is 3.35. The third-order valence-corrected chi connectivity index (χ3v) is 3.86. The maximum absolute atomic E-state index is 11.4. The van der Waals surface area contributed by atoms with E-state index in [1.165, 1.54) is 17.4 Å². The molecule has 0 spiro atoms. The molecule has 0 aliphatic heterocycles. The van der Waals surface area contributed by atoms with Gasteiger partial charge < -0.3 is 4.74 Å². The van der Waals surface area contributed by atoms with Crippen LogP contribution in [0.5, 0.6) is 5.06 Å². The first-order valence-electron chi connectivity index (χ1n) is 6.19. The summed E-state index contributed by atoms with van der Waals surface area (Å²) in [6.07, 6.45) is 1.17. The van der Waals surface area contributed by atoms with Crippen LogP contribution in [0.1, 0.15) is 0 Å². The van der Waals surface area contributed by atoms with Crippen LogP contribution < -0.4 is 4.74 Å². The van der Waals surface area contributed by atoms with Gasteiger partial charge in [-0.3, -0.25) is 0 Å². The van der Waals surface area contributed by atoms with Gasteiger partial charge in [0.15, 0.2) is 5.06 Å². The third-order valence-electron chi connectivity index (χ3n) is 3.07. The first kappa shape index (κ1) is 12.6. The largest absolute Gasteiger partial charge is 0.412 e. The number of hydrogen-bond acceptors (Lipinski definition) is 3. The van der Waals surface area contributed by atoms with E-state index >= 15 is 0 Å². The molecule has 0 amide bonds. The zero-order chi connectivity index (χ0) is 13.9. The molecule has 3 heteroatoms. The normalized spacial score (nSPS) is 10.4. The van der Waals surface area contributed by atoms with Crippen LogP contribution in [0.4, 0.5) is 0 Å². The predicted octanol–water partition coefficient (Wildman–Crippen LogP) is 4.66. The molecule has 3 rings (SSSR count). The summed E-state index contributed by atoms with van der Waals surface area (Å²) in [6.45, 7) is 3.42. The van der Waals surface area contributed by atoms with Crippen molar-refractivity contribution in [2.75, 3.05) is 0 Å². The Morgan fingerprint density at radius 3 is 2.70 bits per heavy atom. The Morgan fingerprint density at radius 1 is 1.05 bits per heavy atom. The second-order valence-electron chi connectivity index (χ2n) is 4.27. The molecule has 98 valence electrons. The topological polar surface area (TPSA) is 26.3 Å². The molecule has 1 aromatic heterocycles. The number of hydrogen-bond donors (Lipinski definition) is 0. The van der Waals surface area contributed by atoms with Gasteiger partial charge in [-0.15, -0.1) is 11.3 Å². The molecule has 3 aromatic rings. The van der Waals surface area contributed by atoms with E-state index in [9.17, 15) is 4.79 Å². The van der Waals surface area contributed by atoms with Gasteiger partial charge in [0.1, 0.15) is 0 Å². The molecule has 0 saturated carbocycles. The monoisotopic (exact) mass is 280 g/mol. The third kappa shape index (κ3) is 2.24. The Bertz CT molecular complexity index is 781. The zero-order valence-electron chi connectivity index (χ0n) is 10.7. The van der Waals surface area contributed by atoms with Crippen LogP contribution in [0.25, 0.3) is 21.9 Å². The van der Waals surface area contributed by atoms with Crippen LogP contribution in [0.3, 0.4) is 0 Å². The lowest BCUT2D eigenvalue weighted by Gasteiger charge is -2.07. The standard InChI is InChI=1S/C17H12O2S/c1-2-16(18)19-17-15(10-11-20-17)14-9-5-7-12-6-3-4-8-13(12)14/h2-11H,1H2. The van der Waals surface area contributed by atoms with Crippen molar-refractivity contribution in [3.05, 3.63) is 66.6 Å². The quantitative estimate of drug-likeness (QED) is 0.515. The SMILES string of the molecule is C=CC(=O)Oc1sccc1-c1cccc2ccccc12. The lowest BCUT2D eigenvalue weighted by molar-refractivity contribution is -0.128.